The van der Waals surface area contributed by atoms with Gasteiger partial charge in [-0.2, -0.15) is 5.10 Å². The zero-order chi connectivity index (χ0) is 35.2. The highest BCUT2D eigenvalue weighted by Gasteiger charge is 2.56. The van der Waals surface area contributed by atoms with E-state index in [0.717, 1.165) is 16.8 Å². The number of carbonyl (C=O) groups excluding carboxylic acids is 2. The minimum absolute atomic E-state index is 0.0171. The summed E-state index contributed by atoms with van der Waals surface area (Å²) in [6.07, 6.45) is 4.81. The third-order valence-electron chi connectivity index (χ3n) is 8.59. The number of alkyl halides is 4. The van der Waals surface area contributed by atoms with E-state index in [1.807, 2.05) is 37.5 Å². The van der Waals surface area contributed by atoms with Crippen LogP contribution in [0.4, 0.5) is 17.6 Å². The van der Waals surface area contributed by atoms with Crippen molar-refractivity contribution in [3.63, 3.8) is 0 Å². The number of nitrogens with zero attached hydrogens (tertiary/aromatic N) is 7. The van der Waals surface area contributed by atoms with Gasteiger partial charge in [0.1, 0.15) is 18.8 Å². The number of benzene rings is 1. The zero-order valence-electron chi connectivity index (χ0n) is 27.1. The van der Waals surface area contributed by atoms with Crippen LogP contribution in [0.2, 0.25) is 5.02 Å². The first kappa shape index (κ1) is 35.0. The van der Waals surface area contributed by atoms with E-state index in [1.54, 1.807) is 12.4 Å². The van der Waals surface area contributed by atoms with Crippen LogP contribution in [-0.2, 0) is 20.9 Å². The van der Waals surface area contributed by atoms with Gasteiger partial charge in [0.25, 0.3) is 12.3 Å². The molecular formula is C32H37ClF4N8O3. The average molecular weight is 693 g/mol. The maximum atomic E-state index is 14.8. The third-order valence-corrected chi connectivity index (χ3v) is 8.91. The van der Waals surface area contributed by atoms with Gasteiger partial charge in [-0.3, -0.25) is 14.5 Å². The predicted molar refractivity (Wildman–Crippen MR) is 169 cm³/mol. The number of nitrogens with two attached hydrogens (primary N) is 1. The minimum Gasteiger partial charge on any atom is -0.463 e. The Labute approximate surface area is 279 Å². The second-order valence-corrected chi connectivity index (χ2v) is 13.9. The van der Waals surface area contributed by atoms with E-state index in [-0.39, 0.29) is 28.7 Å². The molecule has 0 saturated carbocycles. The number of fused-ring (bicyclic) bond motifs is 1. The molecule has 0 spiro atoms. The van der Waals surface area contributed by atoms with E-state index >= 15 is 0 Å². The highest BCUT2D eigenvalue weighted by Crippen LogP contribution is 2.45. The zero-order valence-corrected chi connectivity index (χ0v) is 27.8. The number of rotatable bonds is 11. The topological polar surface area (TPSA) is 134 Å². The van der Waals surface area contributed by atoms with E-state index < -0.39 is 71.9 Å². The van der Waals surface area contributed by atoms with Crippen LogP contribution in [0.3, 0.4) is 0 Å². The largest absolute Gasteiger partial charge is 0.463 e. The Balaban J connectivity index is 1.57. The molecule has 0 bridgehead atoms. The number of halogens is 5. The quantitative estimate of drug-likeness (QED) is 0.193. The molecule has 1 unspecified atom stereocenters. The third kappa shape index (κ3) is 6.96. The summed E-state index contributed by atoms with van der Waals surface area (Å²) in [5.41, 5.74) is 5.08. The number of guanidine groups is 1. The molecule has 2 aliphatic rings. The van der Waals surface area contributed by atoms with Gasteiger partial charge in [0.15, 0.2) is 17.3 Å². The Bertz CT molecular complexity index is 1740. The summed E-state index contributed by atoms with van der Waals surface area (Å²) in [4.78, 5) is 41.7. The molecule has 0 saturated heterocycles. The van der Waals surface area contributed by atoms with E-state index in [0.29, 0.717) is 13.5 Å². The van der Waals surface area contributed by atoms with Crippen LogP contribution in [0.5, 0.6) is 0 Å². The number of imidazole rings is 1. The Morgan fingerprint density at radius 2 is 1.94 bits per heavy atom. The molecule has 258 valence electrons. The summed E-state index contributed by atoms with van der Waals surface area (Å²) < 4.78 is 63.6. The van der Waals surface area contributed by atoms with Crippen molar-refractivity contribution in [2.24, 2.45) is 28.0 Å². The number of amides is 1. The monoisotopic (exact) mass is 692 g/mol. The molecule has 1 amide bonds. The van der Waals surface area contributed by atoms with E-state index in [9.17, 15) is 27.2 Å². The van der Waals surface area contributed by atoms with Gasteiger partial charge in [-0.25, -0.2) is 37.2 Å². The molecule has 11 nitrogen and oxygen atoms in total. The molecule has 5 rings (SSSR count). The molecule has 48 heavy (non-hydrogen) atoms. The standard InChI is InChI=1S/C32H37ClF4N8O3/c1-18(31(5,36)37)12-25(46)48-15-23(19-6-8-21(33)22(13-19)45-27(26(34)35)40-17-41-45)44-28(47)32(42-29(44)38,16-30(2,3)4)20-7-9-24-39-10-11-43(24)14-20/h6-11,13,17-18,20,23,26H,12,14-16H2,1-5H3,(H2,38,42)/t18-,20?,23-,32-/m1/s1. The maximum Gasteiger partial charge on any atom is 0.306 e. The van der Waals surface area contributed by atoms with Gasteiger partial charge >= 0.3 is 5.97 Å². The number of ether oxygens (including phenoxy) is 1. The summed E-state index contributed by atoms with van der Waals surface area (Å²) in [7, 11) is 0. The molecule has 3 aromatic rings. The molecule has 16 heteroatoms. The fourth-order valence-corrected chi connectivity index (χ4v) is 6.30. The summed E-state index contributed by atoms with van der Waals surface area (Å²) in [6, 6.07) is 3.19. The van der Waals surface area contributed by atoms with Crippen LogP contribution in [0.25, 0.3) is 11.8 Å². The Morgan fingerprint density at radius 1 is 1.21 bits per heavy atom. The fraction of sp³-hybridized carbons (Fsp3) is 0.500. The van der Waals surface area contributed by atoms with Crippen molar-refractivity contribution >= 4 is 35.5 Å². The second-order valence-electron chi connectivity index (χ2n) is 13.5. The Hall–Kier alpha value is -4.27. The summed E-state index contributed by atoms with van der Waals surface area (Å²) >= 11 is 6.43. The first-order valence-electron chi connectivity index (χ1n) is 15.3. The van der Waals surface area contributed by atoms with Crippen LogP contribution in [-0.4, -0.2) is 65.1 Å². The first-order chi connectivity index (χ1) is 22.4. The van der Waals surface area contributed by atoms with Crippen molar-refractivity contribution in [1.82, 2.24) is 29.2 Å². The fourth-order valence-electron chi connectivity index (χ4n) is 6.10. The molecule has 0 radical (unpaired) electrons. The normalized spacial score (nSPS) is 21.0. The number of aliphatic imine (C=N–C) groups is 1. The van der Waals surface area contributed by atoms with Crippen molar-refractivity contribution in [2.45, 2.75) is 77.9 Å². The van der Waals surface area contributed by atoms with Gasteiger partial charge < -0.3 is 15.0 Å². The molecule has 1 aromatic carbocycles. The number of esters is 1. The molecule has 4 heterocycles. The lowest BCUT2D eigenvalue weighted by molar-refractivity contribution is -0.151. The molecule has 2 aliphatic heterocycles. The van der Waals surface area contributed by atoms with Crippen LogP contribution in [0, 0.1) is 17.3 Å². The van der Waals surface area contributed by atoms with Crippen molar-refractivity contribution in [2.75, 3.05) is 6.61 Å². The maximum absolute atomic E-state index is 14.8. The van der Waals surface area contributed by atoms with Gasteiger partial charge in [0.05, 0.1) is 23.2 Å². The lowest BCUT2D eigenvalue weighted by Crippen LogP contribution is -2.52. The van der Waals surface area contributed by atoms with Crippen LogP contribution < -0.4 is 5.73 Å². The molecule has 4 atom stereocenters. The number of aromatic nitrogens is 5. The molecule has 2 aromatic heterocycles. The highest BCUT2D eigenvalue weighted by atomic mass is 35.5. The van der Waals surface area contributed by atoms with Gasteiger partial charge in [-0.05, 0) is 42.5 Å². The predicted octanol–water partition coefficient (Wildman–Crippen LogP) is 6.00. The van der Waals surface area contributed by atoms with E-state index in [4.69, 9.17) is 27.1 Å². The number of hydrogen-bond donors (Lipinski definition) is 1. The Kier molecular flexibility index (Phi) is 9.47. The van der Waals surface area contributed by atoms with Crippen LogP contribution in [0.15, 0.2) is 48.0 Å². The number of hydrogen-bond acceptors (Lipinski definition) is 8. The SMILES string of the molecule is C[C@H](CC(=O)OC[C@H](c1ccc(Cl)c(-n2ncnc2C(F)F)c1)N1C(=O)[C@@](CC(C)(C)C)(C2C=Cc3nccn3C2)N=C1N)C(C)(F)F. The van der Waals surface area contributed by atoms with Crippen molar-refractivity contribution < 1.29 is 31.9 Å². The number of carbonyl (C=O) groups is 2. The summed E-state index contributed by atoms with van der Waals surface area (Å²) in [5.74, 6) is -6.42. The molecule has 0 fully saturated rings. The smallest absolute Gasteiger partial charge is 0.306 e. The second kappa shape index (κ2) is 13.0. The van der Waals surface area contributed by atoms with Gasteiger partial charge in [-0.1, -0.05) is 51.4 Å². The van der Waals surface area contributed by atoms with E-state index in [2.05, 4.69) is 15.1 Å². The van der Waals surface area contributed by atoms with E-state index in [1.165, 1.54) is 30.0 Å². The molecule has 2 N–H and O–H groups in total. The van der Waals surface area contributed by atoms with Gasteiger partial charge in [0, 0.05) is 30.8 Å². The Morgan fingerprint density at radius 3 is 2.60 bits per heavy atom. The van der Waals surface area contributed by atoms with Crippen molar-refractivity contribution in [3.8, 4) is 5.69 Å². The average Bonchev–Trinajstić information content (AvgIpc) is 3.72. The lowest BCUT2D eigenvalue weighted by Gasteiger charge is -2.39. The van der Waals surface area contributed by atoms with Gasteiger partial charge in [-0.15, -0.1) is 0 Å². The van der Waals surface area contributed by atoms with Crippen molar-refractivity contribution in [1.29, 1.82) is 0 Å². The van der Waals surface area contributed by atoms with Gasteiger partial charge in [0.2, 0.25) is 5.92 Å². The minimum atomic E-state index is -3.14. The summed E-state index contributed by atoms with van der Waals surface area (Å²) in [5, 5.41) is 3.95. The summed E-state index contributed by atoms with van der Waals surface area (Å²) in [6.45, 7) is 7.72. The highest BCUT2D eigenvalue weighted by molar-refractivity contribution is 6.32. The molecular weight excluding hydrogens is 656 g/mol. The first-order valence-corrected chi connectivity index (χ1v) is 15.7. The van der Waals surface area contributed by atoms with Crippen LogP contribution in [0.1, 0.15) is 77.1 Å². The lowest BCUT2D eigenvalue weighted by atomic mass is 9.71. The van der Waals surface area contributed by atoms with Crippen LogP contribution >= 0.6 is 11.6 Å². The van der Waals surface area contributed by atoms with Crippen molar-refractivity contribution in [3.05, 3.63) is 65.2 Å². The molecule has 0 aliphatic carbocycles.